The summed E-state index contributed by atoms with van der Waals surface area (Å²) in [7, 11) is 0. The van der Waals surface area contributed by atoms with E-state index in [2.05, 4.69) is 28.6 Å². The predicted molar refractivity (Wildman–Crippen MR) is 62.0 cm³/mol. The molecule has 1 heterocycles. The van der Waals surface area contributed by atoms with Gasteiger partial charge in [-0.25, -0.2) is 0 Å². The highest BCUT2D eigenvalue weighted by atomic mass is 15.3. The van der Waals surface area contributed by atoms with E-state index in [0.717, 1.165) is 17.7 Å². The van der Waals surface area contributed by atoms with E-state index in [-0.39, 0.29) is 0 Å². The third kappa shape index (κ3) is 1.32. The lowest BCUT2D eigenvalue weighted by Crippen LogP contribution is -2.35. The first-order chi connectivity index (χ1) is 7.68. The van der Waals surface area contributed by atoms with Crippen LogP contribution in [0.1, 0.15) is 50.9 Å². The van der Waals surface area contributed by atoms with Crippen molar-refractivity contribution in [2.75, 3.05) is 0 Å². The SMILES string of the molecule is CC(C)n1cnnc1C1C2CCC(C2)C1N. The first-order valence-electron chi connectivity index (χ1n) is 6.33. The smallest absolute Gasteiger partial charge is 0.138 e. The van der Waals surface area contributed by atoms with Crippen LogP contribution in [0, 0.1) is 11.8 Å². The highest BCUT2D eigenvalue weighted by Gasteiger charge is 2.48. The van der Waals surface area contributed by atoms with E-state index in [1.54, 1.807) is 0 Å². The van der Waals surface area contributed by atoms with Crippen molar-refractivity contribution in [3.8, 4) is 0 Å². The van der Waals surface area contributed by atoms with Crippen LogP contribution in [-0.2, 0) is 0 Å². The number of aromatic nitrogens is 3. The monoisotopic (exact) mass is 220 g/mol. The molecule has 0 amide bonds. The quantitative estimate of drug-likeness (QED) is 0.825. The fourth-order valence-corrected chi connectivity index (χ4v) is 3.61. The highest BCUT2D eigenvalue weighted by molar-refractivity contribution is 5.13. The molecule has 3 rings (SSSR count). The third-order valence-corrected chi connectivity index (χ3v) is 4.44. The van der Waals surface area contributed by atoms with Gasteiger partial charge in [0.1, 0.15) is 12.2 Å². The second kappa shape index (κ2) is 3.55. The zero-order valence-corrected chi connectivity index (χ0v) is 10.0. The van der Waals surface area contributed by atoms with E-state index in [1.165, 1.54) is 19.3 Å². The van der Waals surface area contributed by atoms with Gasteiger partial charge in [0, 0.05) is 18.0 Å². The molecule has 4 unspecified atom stereocenters. The van der Waals surface area contributed by atoms with Crippen LogP contribution in [-0.4, -0.2) is 20.8 Å². The molecular formula is C12H20N4. The average Bonchev–Trinajstić information content (AvgIpc) is 2.89. The molecule has 0 aliphatic heterocycles. The Kier molecular flexibility index (Phi) is 2.28. The standard InChI is InChI=1S/C12H20N4/c1-7(2)16-6-14-15-12(16)10-8-3-4-9(5-8)11(10)13/h6-11H,3-5,13H2,1-2H3. The number of nitrogens with zero attached hydrogens (tertiary/aromatic N) is 3. The molecule has 1 aromatic rings. The van der Waals surface area contributed by atoms with Crippen molar-refractivity contribution >= 4 is 0 Å². The molecule has 2 N–H and O–H groups in total. The predicted octanol–water partition coefficient (Wildman–Crippen LogP) is 1.70. The van der Waals surface area contributed by atoms with Crippen molar-refractivity contribution in [1.29, 1.82) is 0 Å². The minimum Gasteiger partial charge on any atom is -0.327 e. The first kappa shape index (κ1) is 10.3. The molecule has 2 aliphatic carbocycles. The van der Waals surface area contributed by atoms with Gasteiger partial charge in [-0.1, -0.05) is 0 Å². The van der Waals surface area contributed by atoms with Gasteiger partial charge >= 0.3 is 0 Å². The van der Waals surface area contributed by atoms with E-state index in [1.807, 2.05) is 6.33 Å². The van der Waals surface area contributed by atoms with E-state index in [9.17, 15) is 0 Å². The molecule has 4 heteroatoms. The summed E-state index contributed by atoms with van der Waals surface area (Å²) in [5.74, 6) is 3.05. The van der Waals surface area contributed by atoms with Gasteiger partial charge in [0.2, 0.25) is 0 Å². The summed E-state index contributed by atoms with van der Waals surface area (Å²) >= 11 is 0. The lowest BCUT2D eigenvalue weighted by molar-refractivity contribution is 0.340. The number of rotatable bonds is 2. The molecule has 0 saturated heterocycles. The first-order valence-corrected chi connectivity index (χ1v) is 6.33. The zero-order valence-electron chi connectivity index (χ0n) is 10.0. The third-order valence-electron chi connectivity index (χ3n) is 4.44. The van der Waals surface area contributed by atoms with Crippen molar-refractivity contribution in [3.05, 3.63) is 12.2 Å². The Balaban J connectivity index is 1.95. The molecule has 0 aromatic carbocycles. The molecular weight excluding hydrogens is 200 g/mol. The molecule has 4 nitrogen and oxygen atoms in total. The van der Waals surface area contributed by atoms with Gasteiger partial charge in [0.15, 0.2) is 0 Å². The number of hydrogen-bond acceptors (Lipinski definition) is 3. The summed E-state index contributed by atoms with van der Waals surface area (Å²) in [6.45, 7) is 4.34. The van der Waals surface area contributed by atoms with Crippen LogP contribution in [0.3, 0.4) is 0 Å². The lowest BCUT2D eigenvalue weighted by atomic mass is 9.84. The Bertz CT molecular complexity index is 382. The Hall–Kier alpha value is -0.900. The minimum absolute atomic E-state index is 0.306. The molecule has 2 saturated carbocycles. The zero-order chi connectivity index (χ0) is 11.3. The minimum atomic E-state index is 0.306. The molecule has 16 heavy (non-hydrogen) atoms. The van der Waals surface area contributed by atoms with Crippen LogP contribution in [0.25, 0.3) is 0 Å². The normalized spacial score (nSPS) is 37.5. The molecule has 88 valence electrons. The van der Waals surface area contributed by atoms with E-state index < -0.39 is 0 Å². The van der Waals surface area contributed by atoms with E-state index in [0.29, 0.717) is 18.0 Å². The maximum absolute atomic E-state index is 6.34. The molecule has 1 aromatic heterocycles. The number of hydrogen-bond donors (Lipinski definition) is 1. The van der Waals surface area contributed by atoms with Crippen molar-refractivity contribution in [2.45, 2.75) is 51.1 Å². The topological polar surface area (TPSA) is 56.7 Å². The Morgan fingerprint density at radius 1 is 1.38 bits per heavy atom. The second-order valence-electron chi connectivity index (χ2n) is 5.63. The summed E-state index contributed by atoms with van der Waals surface area (Å²) in [6.07, 6.45) is 5.79. The number of fused-ring (bicyclic) bond motifs is 2. The van der Waals surface area contributed by atoms with Gasteiger partial charge in [-0.05, 0) is 44.9 Å². The van der Waals surface area contributed by atoms with Gasteiger partial charge < -0.3 is 10.3 Å². The summed E-state index contributed by atoms with van der Waals surface area (Å²) in [6, 6.07) is 0.733. The average molecular weight is 220 g/mol. The largest absolute Gasteiger partial charge is 0.327 e. The van der Waals surface area contributed by atoms with Crippen LogP contribution in [0.4, 0.5) is 0 Å². The molecule has 2 fully saturated rings. The van der Waals surface area contributed by atoms with Crippen molar-refractivity contribution in [1.82, 2.24) is 14.8 Å². The molecule has 2 aliphatic rings. The molecule has 0 radical (unpaired) electrons. The van der Waals surface area contributed by atoms with Crippen LogP contribution in [0.15, 0.2) is 6.33 Å². The van der Waals surface area contributed by atoms with Crippen LogP contribution in [0.2, 0.25) is 0 Å². The Morgan fingerprint density at radius 3 is 2.75 bits per heavy atom. The molecule has 0 spiro atoms. The van der Waals surface area contributed by atoms with Crippen molar-refractivity contribution < 1.29 is 0 Å². The maximum Gasteiger partial charge on any atom is 0.138 e. The van der Waals surface area contributed by atoms with E-state index >= 15 is 0 Å². The number of nitrogens with two attached hydrogens (primary N) is 1. The maximum atomic E-state index is 6.34. The Morgan fingerprint density at radius 2 is 2.12 bits per heavy atom. The van der Waals surface area contributed by atoms with Gasteiger partial charge in [-0.2, -0.15) is 0 Å². The van der Waals surface area contributed by atoms with E-state index in [4.69, 9.17) is 5.73 Å². The van der Waals surface area contributed by atoms with Crippen LogP contribution in [0.5, 0.6) is 0 Å². The summed E-state index contributed by atoms with van der Waals surface area (Å²) in [5, 5.41) is 8.38. The van der Waals surface area contributed by atoms with Gasteiger partial charge in [-0.15, -0.1) is 10.2 Å². The summed E-state index contributed by atoms with van der Waals surface area (Å²) in [5.41, 5.74) is 6.34. The molecule has 2 bridgehead atoms. The second-order valence-corrected chi connectivity index (χ2v) is 5.63. The van der Waals surface area contributed by atoms with Gasteiger partial charge in [0.05, 0.1) is 0 Å². The van der Waals surface area contributed by atoms with Crippen molar-refractivity contribution in [3.63, 3.8) is 0 Å². The van der Waals surface area contributed by atoms with Crippen molar-refractivity contribution in [2.24, 2.45) is 17.6 Å². The fourth-order valence-electron chi connectivity index (χ4n) is 3.61. The van der Waals surface area contributed by atoms with Gasteiger partial charge in [0.25, 0.3) is 0 Å². The fraction of sp³-hybridized carbons (Fsp3) is 0.833. The van der Waals surface area contributed by atoms with Crippen LogP contribution >= 0.6 is 0 Å². The highest BCUT2D eigenvalue weighted by Crippen LogP contribution is 2.51. The Labute approximate surface area is 96.2 Å². The lowest BCUT2D eigenvalue weighted by Gasteiger charge is -2.28. The molecule has 4 atom stereocenters. The summed E-state index contributed by atoms with van der Waals surface area (Å²) in [4.78, 5) is 0. The van der Waals surface area contributed by atoms with Gasteiger partial charge in [-0.3, -0.25) is 0 Å². The summed E-state index contributed by atoms with van der Waals surface area (Å²) < 4.78 is 2.19. The van der Waals surface area contributed by atoms with Crippen LogP contribution < -0.4 is 5.73 Å².